The number of benzene rings is 2. The van der Waals surface area contributed by atoms with Crippen LogP contribution >= 0.6 is 0 Å². The molecule has 2 aromatic carbocycles. The highest BCUT2D eigenvalue weighted by atomic mass is 16.5. The second-order valence-electron chi connectivity index (χ2n) is 6.09. The zero-order valence-corrected chi connectivity index (χ0v) is 12.0. The van der Waals surface area contributed by atoms with Crippen LogP contribution in [0.25, 0.3) is 0 Å². The number of hydrogen-bond acceptors (Lipinski definition) is 2. The van der Waals surface area contributed by atoms with Gasteiger partial charge in [-0.25, -0.2) is 0 Å². The molecule has 0 heterocycles. The summed E-state index contributed by atoms with van der Waals surface area (Å²) in [5.41, 5.74) is 7.44. The third-order valence-electron chi connectivity index (χ3n) is 4.53. The van der Waals surface area contributed by atoms with E-state index in [1.807, 2.05) is 42.5 Å². The average Bonchev–Trinajstić information content (AvgIpc) is 3.02. The molecule has 0 spiro atoms. The molecule has 0 amide bonds. The highest BCUT2D eigenvalue weighted by Crippen LogP contribution is 2.65. The van der Waals surface area contributed by atoms with Gasteiger partial charge in [-0.2, -0.15) is 0 Å². The molecule has 0 unspecified atom stereocenters. The van der Waals surface area contributed by atoms with Gasteiger partial charge in [0.05, 0.1) is 0 Å². The van der Waals surface area contributed by atoms with E-state index in [-0.39, 0.29) is 5.41 Å². The summed E-state index contributed by atoms with van der Waals surface area (Å²) in [7, 11) is 0. The van der Waals surface area contributed by atoms with E-state index in [4.69, 9.17) is 10.5 Å². The molecule has 3 rings (SSSR count). The predicted octanol–water partition coefficient (Wildman–Crippen LogP) is 4.18. The summed E-state index contributed by atoms with van der Waals surface area (Å²) in [6.07, 6.45) is 0. The Hall–Kier alpha value is -1.80. The Kier molecular flexibility index (Phi) is 3.27. The molecule has 1 saturated carbocycles. The summed E-state index contributed by atoms with van der Waals surface area (Å²) >= 11 is 0. The first kappa shape index (κ1) is 13.2. The van der Waals surface area contributed by atoms with Gasteiger partial charge in [0.25, 0.3) is 0 Å². The van der Waals surface area contributed by atoms with Crippen LogP contribution in [-0.4, -0.2) is 6.54 Å². The molecule has 0 aliphatic heterocycles. The average molecular weight is 267 g/mol. The zero-order chi connectivity index (χ0) is 14.2. The first-order valence-corrected chi connectivity index (χ1v) is 7.16. The molecule has 2 heteroatoms. The smallest absolute Gasteiger partial charge is 0.130 e. The van der Waals surface area contributed by atoms with Crippen LogP contribution in [0, 0.1) is 11.3 Å². The van der Waals surface area contributed by atoms with Crippen LogP contribution in [0.5, 0.6) is 11.5 Å². The monoisotopic (exact) mass is 267 g/mol. The normalized spacial score (nSPS) is 23.4. The molecule has 2 atom stereocenters. The van der Waals surface area contributed by atoms with E-state index >= 15 is 0 Å². The van der Waals surface area contributed by atoms with Crippen LogP contribution in [0.1, 0.15) is 25.3 Å². The largest absolute Gasteiger partial charge is 0.457 e. The fraction of sp³-hybridized carbons (Fsp3) is 0.333. The molecule has 0 saturated heterocycles. The standard InChI is InChI=1S/C18H21NO/c1-18(2)15(12-19)17(18)14-10-6-7-11-16(14)20-13-8-4-3-5-9-13/h3-11,15,17H,12,19H2,1-2H3/t15-,17-/m0/s1. The summed E-state index contributed by atoms with van der Waals surface area (Å²) in [4.78, 5) is 0. The summed E-state index contributed by atoms with van der Waals surface area (Å²) < 4.78 is 6.06. The Morgan fingerprint density at radius 2 is 1.65 bits per heavy atom. The van der Waals surface area contributed by atoms with Crippen molar-refractivity contribution in [3.8, 4) is 11.5 Å². The van der Waals surface area contributed by atoms with Crippen molar-refractivity contribution in [2.75, 3.05) is 6.54 Å². The third-order valence-corrected chi connectivity index (χ3v) is 4.53. The zero-order valence-electron chi connectivity index (χ0n) is 12.0. The number of nitrogens with two attached hydrogens (primary N) is 1. The maximum Gasteiger partial charge on any atom is 0.130 e. The van der Waals surface area contributed by atoms with Gasteiger partial charge in [0.2, 0.25) is 0 Å². The minimum absolute atomic E-state index is 0.269. The van der Waals surface area contributed by atoms with E-state index in [2.05, 4.69) is 26.0 Å². The van der Waals surface area contributed by atoms with E-state index in [1.165, 1.54) is 5.56 Å². The summed E-state index contributed by atoms with van der Waals surface area (Å²) in [5.74, 6) is 2.87. The molecular formula is C18H21NO. The van der Waals surface area contributed by atoms with Crippen LogP contribution in [0.15, 0.2) is 54.6 Å². The van der Waals surface area contributed by atoms with Crippen LogP contribution in [0.2, 0.25) is 0 Å². The summed E-state index contributed by atoms with van der Waals surface area (Å²) in [5, 5.41) is 0. The van der Waals surface area contributed by atoms with E-state index in [0.29, 0.717) is 11.8 Å². The van der Waals surface area contributed by atoms with Gasteiger partial charge in [0.1, 0.15) is 11.5 Å². The number of ether oxygens (including phenoxy) is 1. The van der Waals surface area contributed by atoms with Crippen molar-refractivity contribution in [2.45, 2.75) is 19.8 Å². The van der Waals surface area contributed by atoms with Gasteiger partial charge in [-0.3, -0.25) is 0 Å². The van der Waals surface area contributed by atoms with Crippen LogP contribution in [-0.2, 0) is 0 Å². The van der Waals surface area contributed by atoms with Crippen molar-refractivity contribution >= 4 is 0 Å². The van der Waals surface area contributed by atoms with Crippen molar-refractivity contribution in [3.05, 3.63) is 60.2 Å². The van der Waals surface area contributed by atoms with Crippen molar-refractivity contribution in [3.63, 3.8) is 0 Å². The van der Waals surface area contributed by atoms with E-state index in [1.54, 1.807) is 0 Å². The topological polar surface area (TPSA) is 35.2 Å². The second-order valence-corrected chi connectivity index (χ2v) is 6.09. The van der Waals surface area contributed by atoms with Gasteiger partial charge in [-0.05, 0) is 47.6 Å². The van der Waals surface area contributed by atoms with Crippen molar-refractivity contribution in [1.82, 2.24) is 0 Å². The highest BCUT2D eigenvalue weighted by Gasteiger charge is 2.58. The molecule has 2 N–H and O–H groups in total. The molecule has 2 aromatic rings. The lowest BCUT2D eigenvalue weighted by Gasteiger charge is -2.12. The fourth-order valence-electron chi connectivity index (χ4n) is 3.25. The maximum absolute atomic E-state index is 6.06. The molecule has 0 aromatic heterocycles. The van der Waals surface area contributed by atoms with Crippen LogP contribution < -0.4 is 10.5 Å². The van der Waals surface area contributed by atoms with Crippen molar-refractivity contribution in [2.24, 2.45) is 17.1 Å². The minimum atomic E-state index is 0.269. The van der Waals surface area contributed by atoms with E-state index in [0.717, 1.165) is 18.0 Å². The first-order chi connectivity index (χ1) is 9.64. The SMILES string of the molecule is CC1(C)[C@@H](CN)[C@@H]1c1ccccc1Oc1ccccc1. The summed E-state index contributed by atoms with van der Waals surface area (Å²) in [6, 6.07) is 18.2. The number of hydrogen-bond donors (Lipinski definition) is 1. The summed E-state index contributed by atoms with van der Waals surface area (Å²) in [6.45, 7) is 5.31. The first-order valence-electron chi connectivity index (χ1n) is 7.16. The van der Waals surface area contributed by atoms with Gasteiger partial charge in [-0.15, -0.1) is 0 Å². The molecular weight excluding hydrogens is 246 g/mol. The number of para-hydroxylation sites is 2. The molecule has 20 heavy (non-hydrogen) atoms. The lowest BCUT2D eigenvalue weighted by molar-refractivity contribution is 0.472. The Morgan fingerprint density at radius 3 is 2.30 bits per heavy atom. The van der Waals surface area contributed by atoms with E-state index in [9.17, 15) is 0 Å². The lowest BCUT2D eigenvalue weighted by Crippen LogP contribution is -2.05. The molecule has 0 radical (unpaired) electrons. The molecule has 1 fully saturated rings. The van der Waals surface area contributed by atoms with Crippen LogP contribution in [0.3, 0.4) is 0 Å². The second kappa shape index (κ2) is 4.95. The van der Waals surface area contributed by atoms with Gasteiger partial charge < -0.3 is 10.5 Å². The van der Waals surface area contributed by atoms with Gasteiger partial charge in [0.15, 0.2) is 0 Å². The van der Waals surface area contributed by atoms with E-state index < -0.39 is 0 Å². The predicted molar refractivity (Wildman–Crippen MR) is 82.0 cm³/mol. The van der Waals surface area contributed by atoms with Gasteiger partial charge in [0, 0.05) is 0 Å². The molecule has 1 aliphatic rings. The maximum atomic E-state index is 6.06. The Morgan fingerprint density at radius 1 is 1.00 bits per heavy atom. The Balaban J connectivity index is 1.90. The fourth-order valence-corrected chi connectivity index (χ4v) is 3.25. The quantitative estimate of drug-likeness (QED) is 0.902. The van der Waals surface area contributed by atoms with Gasteiger partial charge in [-0.1, -0.05) is 50.2 Å². The molecule has 0 bridgehead atoms. The van der Waals surface area contributed by atoms with Crippen LogP contribution in [0.4, 0.5) is 0 Å². The highest BCUT2D eigenvalue weighted by molar-refractivity contribution is 5.45. The molecule has 104 valence electrons. The molecule has 2 nitrogen and oxygen atoms in total. The lowest BCUT2D eigenvalue weighted by atomic mass is 10.0. The Bertz CT molecular complexity index is 591. The van der Waals surface area contributed by atoms with Crippen molar-refractivity contribution in [1.29, 1.82) is 0 Å². The van der Waals surface area contributed by atoms with Gasteiger partial charge >= 0.3 is 0 Å². The Labute approximate surface area is 120 Å². The third kappa shape index (κ3) is 2.20. The minimum Gasteiger partial charge on any atom is -0.457 e. The van der Waals surface area contributed by atoms with Crippen molar-refractivity contribution < 1.29 is 4.74 Å². The number of rotatable bonds is 4. The molecule has 1 aliphatic carbocycles.